The van der Waals surface area contributed by atoms with Crippen LogP contribution in [-0.2, 0) is 24.4 Å². The Morgan fingerprint density at radius 1 is 0.967 bits per heavy atom. The fourth-order valence-corrected chi connectivity index (χ4v) is 3.96. The van der Waals surface area contributed by atoms with Gasteiger partial charge in [0.25, 0.3) is 5.91 Å². The van der Waals surface area contributed by atoms with Gasteiger partial charge in [-0.15, -0.1) is 11.3 Å². The molecule has 4 rings (SSSR count). The Morgan fingerprint density at radius 2 is 1.77 bits per heavy atom. The highest BCUT2D eigenvalue weighted by Gasteiger charge is 2.15. The number of imidazole rings is 1. The minimum absolute atomic E-state index is 0.0990. The summed E-state index contributed by atoms with van der Waals surface area (Å²) in [4.78, 5) is 30.9. The smallest absolute Gasteiger partial charge is 0.251 e. The zero-order chi connectivity index (χ0) is 20.9. The van der Waals surface area contributed by atoms with E-state index >= 15 is 0 Å². The zero-order valence-electron chi connectivity index (χ0n) is 16.6. The van der Waals surface area contributed by atoms with Crippen LogP contribution >= 0.6 is 11.3 Å². The van der Waals surface area contributed by atoms with E-state index in [1.165, 1.54) is 0 Å². The van der Waals surface area contributed by atoms with Crippen LogP contribution in [0.25, 0.3) is 11.0 Å². The number of para-hydroxylation sites is 2. The summed E-state index contributed by atoms with van der Waals surface area (Å²) in [5.74, 6) is 0.385. The van der Waals surface area contributed by atoms with Gasteiger partial charge in [0.15, 0.2) is 0 Å². The fraction of sp³-hybridized carbons (Fsp3) is 0.174. The van der Waals surface area contributed by atoms with Crippen molar-refractivity contribution in [2.24, 2.45) is 0 Å². The molecule has 6 nitrogen and oxygen atoms in total. The number of nitrogens with zero attached hydrogens (tertiary/aromatic N) is 2. The molecule has 2 aromatic heterocycles. The van der Waals surface area contributed by atoms with Crippen molar-refractivity contribution in [2.75, 3.05) is 0 Å². The molecule has 0 atom stereocenters. The summed E-state index contributed by atoms with van der Waals surface area (Å²) < 4.78 is 1.86. The van der Waals surface area contributed by atoms with Gasteiger partial charge in [-0.25, -0.2) is 4.98 Å². The highest BCUT2D eigenvalue weighted by molar-refractivity contribution is 7.09. The first-order chi connectivity index (χ1) is 14.6. The molecule has 4 aromatic rings. The van der Waals surface area contributed by atoms with Crippen LogP contribution in [0, 0.1) is 6.92 Å². The second-order valence-electron chi connectivity index (χ2n) is 6.96. The number of fused-ring (bicyclic) bond motifs is 1. The highest BCUT2D eigenvalue weighted by atomic mass is 32.1. The van der Waals surface area contributed by atoms with Gasteiger partial charge in [-0.1, -0.05) is 36.4 Å². The van der Waals surface area contributed by atoms with Gasteiger partial charge in [-0.05, 0) is 42.1 Å². The van der Waals surface area contributed by atoms with E-state index < -0.39 is 0 Å². The lowest BCUT2D eigenvalue weighted by atomic mass is 10.1. The number of hydrogen-bond donors (Lipinski definition) is 2. The second kappa shape index (κ2) is 8.92. The molecule has 0 aliphatic rings. The Bertz CT molecular complexity index is 1180. The van der Waals surface area contributed by atoms with E-state index in [9.17, 15) is 9.59 Å². The van der Waals surface area contributed by atoms with Crippen LogP contribution in [0.3, 0.4) is 0 Å². The van der Waals surface area contributed by atoms with E-state index in [1.54, 1.807) is 17.4 Å². The molecule has 152 valence electrons. The summed E-state index contributed by atoms with van der Waals surface area (Å²) in [7, 11) is 0. The zero-order valence-corrected chi connectivity index (χ0v) is 17.4. The van der Waals surface area contributed by atoms with Crippen LogP contribution in [-0.4, -0.2) is 21.4 Å². The van der Waals surface area contributed by atoms with Gasteiger partial charge in [-0.2, -0.15) is 0 Å². The maximum Gasteiger partial charge on any atom is 0.251 e. The molecule has 0 fully saturated rings. The standard InChI is InChI=1S/C23H22N4O2S/c1-16-7-2-3-9-18(16)23(29)25-14-21-26-19-10-4-5-11-20(19)27(21)15-22(28)24-13-17-8-6-12-30-17/h2-12H,13-15H2,1H3,(H,24,28)(H,25,29). The molecule has 7 heteroatoms. The summed E-state index contributed by atoms with van der Waals surface area (Å²) >= 11 is 1.61. The van der Waals surface area contributed by atoms with Gasteiger partial charge < -0.3 is 15.2 Å². The molecule has 0 radical (unpaired) electrons. The monoisotopic (exact) mass is 418 g/mol. The number of amides is 2. The number of rotatable bonds is 7. The van der Waals surface area contributed by atoms with Crippen LogP contribution in [0.5, 0.6) is 0 Å². The molecule has 30 heavy (non-hydrogen) atoms. The van der Waals surface area contributed by atoms with Gasteiger partial charge in [0.05, 0.1) is 24.1 Å². The molecule has 0 aliphatic heterocycles. The van der Waals surface area contributed by atoms with Crippen molar-refractivity contribution in [1.82, 2.24) is 20.2 Å². The van der Waals surface area contributed by atoms with E-state index in [2.05, 4.69) is 15.6 Å². The topological polar surface area (TPSA) is 76.0 Å². The number of aryl methyl sites for hydroxylation is 1. The third-order valence-corrected chi connectivity index (χ3v) is 5.75. The maximum atomic E-state index is 12.6. The molecule has 0 spiro atoms. The Balaban J connectivity index is 1.50. The summed E-state index contributed by atoms with van der Waals surface area (Å²) in [5, 5.41) is 7.87. The van der Waals surface area contributed by atoms with Crippen LogP contribution < -0.4 is 10.6 Å². The predicted octanol–water partition coefficient (Wildman–Crippen LogP) is 3.65. The van der Waals surface area contributed by atoms with Gasteiger partial charge in [0.1, 0.15) is 12.4 Å². The molecular formula is C23H22N4O2S. The third-order valence-electron chi connectivity index (χ3n) is 4.87. The van der Waals surface area contributed by atoms with Crippen molar-refractivity contribution in [3.63, 3.8) is 0 Å². The number of thiophene rings is 1. The molecule has 2 N–H and O–H groups in total. The first-order valence-electron chi connectivity index (χ1n) is 9.69. The molecule has 0 aliphatic carbocycles. The SMILES string of the molecule is Cc1ccccc1C(=O)NCc1nc2ccccc2n1CC(=O)NCc1cccs1. The number of hydrogen-bond acceptors (Lipinski definition) is 4. The number of aromatic nitrogens is 2. The Morgan fingerprint density at radius 3 is 2.57 bits per heavy atom. The van der Waals surface area contributed by atoms with Gasteiger partial charge in [-0.3, -0.25) is 9.59 Å². The lowest BCUT2D eigenvalue weighted by Gasteiger charge is -2.11. The van der Waals surface area contributed by atoms with E-state index in [0.717, 1.165) is 21.5 Å². The van der Waals surface area contributed by atoms with Crippen molar-refractivity contribution < 1.29 is 9.59 Å². The predicted molar refractivity (Wildman–Crippen MR) is 118 cm³/mol. The summed E-state index contributed by atoms with van der Waals surface area (Å²) in [6.07, 6.45) is 0. The summed E-state index contributed by atoms with van der Waals surface area (Å²) in [6, 6.07) is 19.1. The van der Waals surface area contributed by atoms with Crippen LogP contribution in [0.4, 0.5) is 0 Å². The van der Waals surface area contributed by atoms with Gasteiger partial charge >= 0.3 is 0 Å². The molecule has 2 amide bonds. The molecular weight excluding hydrogens is 396 g/mol. The molecule has 0 saturated carbocycles. The Labute approximate surface area is 178 Å². The van der Waals surface area contributed by atoms with Crippen molar-refractivity contribution in [3.8, 4) is 0 Å². The third kappa shape index (κ3) is 4.41. The van der Waals surface area contributed by atoms with Crippen LogP contribution in [0.2, 0.25) is 0 Å². The first-order valence-corrected chi connectivity index (χ1v) is 10.6. The van der Waals surface area contributed by atoms with E-state index in [0.29, 0.717) is 17.9 Å². The van der Waals surface area contributed by atoms with Crippen molar-refractivity contribution in [3.05, 3.63) is 87.9 Å². The van der Waals surface area contributed by atoms with Gasteiger partial charge in [0, 0.05) is 10.4 Å². The van der Waals surface area contributed by atoms with Crippen LogP contribution in [0.15, 0.2) is 66.0 Å². The molecule has 2 heterocycles. The van der Waals surface area contributed by atoms with Crippen LogP contribution in [0.1, 0.15) is 26.6 Å². The normalized spacial score (nSPS) is 10.8. The maximum absolute atomic E-state index is 12.6. The fourth-order valence-electron chi connectivity index (χ4n) is 3.32. The quantitative estimate of drug-likeness (QED) is 0.481. The summed E-state index contributed by atoms with van der Waals surface area (Å²) in [5.41, 5.74) is 3.21. The Kier molecular flexibility index (Phi) is 5.90. The number of nitrogens with one attached hydrogen (secondary N) is 2. The molecule has 2 aromatic carbocycles. The van der Waals surface area contributed by atoms with Crippen molar-refractivity contribution >= 4 is 34.2 Å². The second-order valence-corrected chi connectivity index (χ2v) is 7.99. The minimum atomic E-state index is -0.158. The van der Waals surface area contributed by atoms with E-state index in [4.69, 9.17) is 0 Å². The Hall–Kier alpha value is -3.45. The first kappa shape index (κ1) is 19.8. The lowest BCUT2D eigenvalue weighted by molar-refractivity contribution is -0.121. The average Bonchev–Trinajstić information content (AvgIpc) is 3.39. The number of carbonyl (C=O) groups is 2. The molecule has 0 saturated heterocycles. The minimum Gasteiger partial charge on any atom is -0.350 e. The number of carbonyl (C=O) groups excluding carboxylic acids is 2. The molecule has 0 unspecified atom stereocenters. The summed E-state index contributed by atoms with van der Waals surface area (Å²) in [6.45, 7) is 2.78. The van der Waals surface area contributed by atoms with Gasteiger partial charge in [0.2, 0.25) is 5.91 Å². The largest absolute Gasteiger partial charge is 0.350 e. The molecule has 0 bridgehead atoms. The highest BCUT2D eigenvalue weighted by Crippen LogP contribution is 2.16. The number of benzene rings is 2. The van der Waals surface area contributed by atoms with E-state index in [1.807, 2.05) is 71.5 Å². The van der Waals surface area contributed by atoms with E-state index in [-0.39, 0.29) is 24.9 Å². The van der Waals surface area contributed by atoms with Crippen molar-refractivity contribution in [2.45, 2.75) is 26.6 Å². The lowest BCUT2D eigenvalue weighted by Crippen LogP contribution is -2.29. The van der Waals surface area contributed by atoms with Crippen molar-refractivity contribution in [1.29, 1.82) is 0 Å². The average molecular weight is 419 g/mol.